The minimum Gasteiger partial charge on any atom is -0.376 e. The first-order valence-corrected chi connectivity index (χ1v) is 6.91. The number of hydrogen-bond acceptors (Lipinski definition) is 2. The lowest BCUT2D eigenvalue weighted by molar-refractivity contribution is -0.141. The van der Waals surface area contributed by atoms with E-state index in [0.29, 0.717) is 24.5 Å². The number of rotatable bonds is 4. The highest BCUT2D eigenvalue weighted by Gasteiger charge is 2.30. The van der Waals surface area contributed by atoms with Crippen LogP contribution in [0, 0.1) is 13.8 Å². The van der Waals surface area contributed by atoms with Gasteiger partial charge in [0.15, 0.2) is 0 Å². The number of nitrogens with zero attached hydrogens (tertiary/aromatic N) is 1. The molecule has 7 heteroatoms. The predicted octanol–water partition coefficient (Wildman–Crippen LogP) is 2.58. The standard InChI is InChI=1S/C14H19F3N2O2/c1-9-6-12(10(2)19(9)8-14(15,16)17)13(20)18-7-11-4-3-5-21-11/h6,11H,3-5,7-8H2,1-2H3,(H,18,20). The zero-order valence-electron chi connectivity index (χ0n) is 12.1. The molecule has 1 N–H and O–H groups in total. The monoisotopic (exact) mass is 304 g/mol. The van der Waals surface area contributed by atoms with Gasteiger partial charge in [-0.1, -0.05) is 0 Å². The summed E-state index contributed by atoms with van der Waals surface area (Å²) in [4.78, 5) is 12.1. The van der Waals surface area contributed by atoms with Gasteiger partial charge in [-0.15, -0.1) is 0 Å². The second kappa shape index (κ2) is 6.09. The zero-order chi connectivity index (χ0) is 15.6. The predicted molar refractivity (Wildman–Crippen MR) is 71.3 cm³/mol. The molecule has 1 atom stereocenters. The summed E-state index contributed by atoms with van der Waals surface area (Å²) in [6, 6.07) is 1.49. The third-order valence-corrected chi connectivity index (χ3v) is 3.67. The minimum absolute atomic E-state index is 0.00705. The van der Waals surface area contributed by atoms with Crippen LogP contribution in [0.2, 0.25) is 0 Å². The maximum absolute atomic E-state index is 12.5. The van der Waals surface area contributed by atoms with E-state index in [1.165, 1.54) is 13.0 Å². The molecule has 1 saturated heterocycles. The van der Waals surface area contributed by atoms with Crippen LogP contribution in [0.15, 0.2) is 6.07 Å². The number of amides is 1. The van der Waals surface area contributed by atoms with E-state index in [1.807, 2.05) is 0 Å². The molecule has 1 aliphatic heterocycles. The van der Waals surface area contributed by atoms with E-state index in [2.05, 4.69) is 5.32 Å². The summed E-state index contributed by atoms with van der Waals surface area (Å²) in [7, 11) is 0. The topological polar surface area (TPSA) is 43.3 Å². The molecule has 1 aromatic rings. The van der Waals surface area contributed by atoms with Crippen molar-refractivity contribution in [2.24, 2.45) is 0 Å². The first-order chi connectivity index (χ1) is 9.78. The maximum Gasteiger partial charge on any atom is 0.406 e. The van der Waals surface area contributed by atoms with E-state index in [0.717, 1.165) is 17.4 Å². The fourth-order valence-corrected chi connectivity index (χ4v) is 2.56. The van der Waals surface area contributed by atoms with Crippen molar-refractivity contribution in [3.05, 3.63) is 23.0 Å². The second-order valence-electron chi connectivity index (χ2n) is 5.33. The van der Waals surface area contributed by atoms with Crippen LogP contribution < -0.4 is 5.32 Å². The molecule has 1 aliphatic rings. The van der Waals surface area contributed by atoms with Crippen molar-refractivity contribution >= 4 is 5.91 Å². The van der Waals surface area contributed by atoms with Crippen LogP contribution in [0.25, 0.3) is 0 Å². The van der Waals surface area contributed by atoms with Crippen LogP contribution in [-0.2, 0) is 11.3 Å². The molecule has 1 unspecified atom stereocenters. The molecule has 1 fully saturated rings. The van der Waals surface area contributed by atoms with Crippen LogP contribution in [0.5, 0.6) is 0 Å². The Morgan fingerprint density at radius 3 is 2.76 bits per heavy atom. The summed E-state index contributed by atoms with van der Waals surface area (Å²) < 4.78 is 44.1. The van der Waals surface area contributed by atoms with Crippen molar-refractivity contribution in [3.8, 4) is 0 Å². The smallest absolute Gasteiger partial charge is 0.376 e. The highest BCUT2D eigenvalue weighted by atomic mass is 19.4. The lowest BCUT2D eigenvalue weighted by Crippen LogP contribution is -2.32. The van der Waals surface area contributed by atoms with Crippen molar-refractivity contribution < 1.29 is 22.7 Å². The Labute approximate surface area is 121 Å². The average molecular weight is 304 g/mol. The SMILES string of the molecule is Cc1cc(C(=O)NCC2CCCO2)c(C)n1CC(F)(F)F. The van der Waals surface area contributed by atoms with Crippen LogP contribution >= 0.6 is 0 Å². The van der Waals surface area contributed by atoms with Gasteiger partial charge in [-0.3, -0.25) is 4.79 Å². The van der Waals surface area contributed by atoms with Gasteiger partial charge in [0.2, 0.25) is 0 Å². The largest absolute Gasteiger partial charge is 0.406 e. The van der Waals surface area contributed by atoms with E-state index in [9.17, 15) is 18.0 Å². The number of aromatic nitrogens is 1. The van der Waals surface area contributed by atoms with E-state index in [1.54, 1.807) is 6.92 Å². The van der Waals surface area contributed by atoms with Gasteiger partial charge >= 0.3 is 6.18 Å². The Hall–Kier alpha value is -1.50. The molecule has 4 nitrogen and oxygen atoms in total. The van der Waals surface area contributed by atoms with E-state index >= 15 is 0 Å². The summed E-state index contributed by atoms with van der Waals surface area (Å²) in [5, 5.41) is 2.73. The first-order valence-electron chi connectivity index (χ1n) is 6.91. The molecule has 0 radical (unpaired) electrons. The van der Waals surface area contributed by atoms with Gasteiger partial charge in [0.05, 0.1) is 11.7 Å². The Bertz CT molecular complexity index is 517. The first kappa shape index (κ1) is 15.9. The molecule has 0 bridgehead atoms. The number of carbonyl (C=O) groups excluding carboxylic acids is 1. The molecule has 21 heavy (non-hydrogen) atoms. The second-order valence-corrected chi connectivity index (χ2v) is 5.33. The molecule has 1 aromatic heterocycles. The van der Waals surface area contributed by atoms with Crippen molar-refractivity contribution in [1.29, 1.82) is 0 Å². The number of carbonyl (C=O) groups is 1. The van der Waals surface area contributed by atoms with Gasteiger partial charge in [0.25, 0.3) is 5.91 Å². The van der Waals surface area contributed by atoms with Gasteiger partial charge < -0.3 is 14.6 Å². The number of nitrogens with one attached hydrogen (secondary N) is 1. The van der Waals surface area contributed by atoms with Gasteiger partial charge in [-0.25, -0.2) is 0 Å². The van der Waals surface area contributed by atoms with Crippen molar-refractivity contribution in [3.63, 3.8) is 0 Å². The van der Waals surface area contributed by atoms with Gasteiger partial charge in [0, 0.05) is 24.5 Å². The van der Waals surface area contributed by atoms with Crippen LogP contribution in [0.1, 0.15) is 34.6 Å². The summed E-state index contributed by atoms with van der Waals surface area (Å²) in [6.45, 7) is 3.10. The number of halogens is 3. The molecular weight excluding hydrogens is 285 g/mol. The Morgan fingerprint density at radius 1 is 1.48 bits per heavy atom. The van der Waals surface area contributed by atoms with E-state index in [-0.39, 0.29) is 17.6 Å². The number of ether oxygens (including phenoxy) is 1. The Kier molecular flexibility index (Phi) is 4.61. The quantitative estimate of drug-likeness (QED) is 0.929. The molecule has 0 spiro atoms. The van der Waals surface area contributed by atoms with Crippen LogP contribution in [0.4, 0.5) is 13.2 Å². The summed E-state index contributed by atoms with van der Waals surface area (Å²) in [5.74, 6) is -0.355. The molecule has 0 saturated carbocycles. The zero-order valence-corrected chi connectivity index (χ0v) is 12.1. The fraction of sp³-hybridized carbons (Fsp3) is 0.643. The van der Waals surface area contributed by atoms with Crippen LogP contribution in [-0.4, -0.2) is 35.9 Å². The number of aryl methyl sites for hydroxylation is 1. The Balaban J connectivity index is 2.05. The number of alkyl halides is 3. The summed E-state index contributed by atoms with van der Waals surface area (Å²) in [6.07, 6.45) is -2.43. The number of hydrogen-bond donors (Lipinski definition) is 1. The molecule has 0 aromatic carbocycles. The summed E-state index contributed by atoms with van der Waals surface area (Å²) in [5.41, 5.74) is 1.04. The molecular formula is C14H19F3N2O2. The third-order valence-electron chi connectivity index (χ3n) is 3.67. The lowest BCUT2D eigenvalue weighted by atomic mass is 10.2. The van der Waals surface area contributed by atoms with Crippen molar-refractivity contribution in [1.82, 2.24) is 9.88 Å². The van der Waals surface area contributed by atoms with Crippen molar-refractivity contribution in [2.45, 2.75) is 45.5 Å². The molecule has 118 valence electrons. The lowest BCUT2D eigenvalue weighted by Gasteiger charge is -2.13. The van der Waals surface area contributed by atoms with Crippen LogP contribution in [0.3, 0.4) is 0 Å². The molecule has 2 heterocycles. The van der Waals surface area contributed by atoms with Crippen molar-refractivity contribution in [2.75, 3.05) is 13.2 Å². The molecule has 0 aliphatic carbocycles. The van der Waals surface area contributed by atoms with E-state index < -0.39 is 12.7 Å². The highest BCUT2D eigenvalue weighted by Crippen LogP contribution is 2.23. The van der Waals surface area contributed by atoms with E-state index in [4.69, 9.17) is 4.74 Å². The Morgan fingerprint density at radius 2 is 2.19 bits per heavy atom. The molecule has 2 rings (SSSR count). The molecule has 1 amide bonds. The van der Waals surface area contributed by atoms with Gasteiger partial charge in [-0.05, 0) is 32.8 Å². The van der Waals surface area contributed by atoms with Gasteiger partial charge in [0.1, 0.15) is 6.54 Å². The van der Waals surface area contributed by atoms with Gasteiger partial charge in [-0.2, -0.15) is 13.2 Å². The summed E-state index contributed by atoms with van der Waals surface area (Å²) >= 11 is 0. The third kappa shape index (κ3) is 4.00. The normalized spacial score (nSPS) is 19.0. The average Bonchev–Trinajstić information content (AvgIpc) is 2.98. The highest BCUT2D eigenvalue weighted by molar-refractivity contribution is 5.95. The fourth-order valence-electron chi connectivity index (χ4n) is 2.56. The minimum atomic E-state index is -4.31. The maximum atomic E-state index is 12.5.